The molecule has 0 bridgehead atoms. The maximum Gasteiger partial charge on any atom is 0.488 e. The molecule has 0 amide bonds. The van der Waals surface area contributed by atoms with Gasteiger partial charge in [-0.25, -0.2) is 29.9 Å². The van der Waals surface area contributed by atoms with Crippen LogP contribution in [-0.4, -0.2) is 139 Å². The van der Waals surface area contributed by atoms with Crippen molar-refractivity contribution < 1.29 is 38.3 Å². The quantitative estimate of drug-likeness (QED) is 0.107. The molecule has 80 heavy (non-hydrogen) atoms. The highest BCUT2D eigenvalue weighted by atomic mass is 79.9. The molecule has 2 aromatic carbocycles. The number of aliphatic hydroxyl groups is 2. The molecule has 4 aliphatic heterocycles. The van der Waals surface area contributed by atoms with Gasteiger partial charge in [-0.1, -0.05) is 11.6 Å². The zero-order valence-corrected chi connectivity index (χ0v) is 50.6. The number of morpholine rings is 2. The monoisotopic (exact) mass is 1210 g/mol. The highest BCUT2D eigenvalue weighted by Crippen LogP contribution is 2.43. The van der Waals surface area contributed by atoms with Gasteiger partial charge in [0.1, 0.15) is 39.0 Å². The van der Waals surface area contributed by atoms with Gasteiger partial charge < -0.3 is 48.1 Å². The zero-order valence-electron chi connectivity index (χ0n) is 46.6. The molecular weight excluding hydrogens is 1140 g/mol. The average Bonchev–Trinajstić information content (AvgIpc) is 4.40. The van der Waals surface area contributed by atoms with Crippen LogP contribution in [0.3, 0.4) is 0 Å². The Hall–Kier alpha value is -5.14. The lowest BCUT2D eigenvalue weighted by Gasteiger charge is -2.32. The maximum absolute atomic E-state index is 11.1. The van der Waals surface area contributed by atoms with Crippen LogP contribution >= 0.6 is 50.2 Å². The minimum atomic E-state index is -1.22. The molecule has 4 aliphatic rings. The van der Waals surface area contributed by atoms with Crippen molar-refractivity contribution in [2.75, 3.05) is 62.4 Å². The van der Waals surface area contributed by atoms with E-state index in [9.17, 15) is 10.2 Å². The predicted molar refractivity (Wildman–Crippen MR) is 319 cm³/mol. The number of fused-ring (bicyclic) bond motifs is 2. The summed E-state index contributed by atoms with van der Waals surface area (Å²) in [5.74, 6) is 0. The summed E-state index contributed by atoms with van der Waals surface area (Å²) < 4.78 is 35.5. The summed E-state index contributed by atoms with van der Waals surface area (Å²) in [6.45, 7) is 26.3. The minimum absolute atomic E-state index is 0.360. The molecule has 0 spiro atoms. The lowest BCUT2D eigenvalue weighted by Crippen LogP contribution is -2.41. The third-order valence-corrected chi connectivity index (χ3v) is 18.0. The molecule has 8 aromatic rings. The van der Waals surface area contributed by atoms with Crippen molar-refractivity contribution in [3.05, 3.63) is 140 Å². The number of rotatable bonds is 8. The van der Waals surface area contributed by atoms with Gasteiger partial charge in [0, 0.05) is 117 Å². The first-order valence-electron chi connectivity index (χ1n) is 26.3. The predicted octanol–water partition coefficient (Wildman–Crippen LogP) is 10.2. The van der Waals surface area contributed by atoms with Crippen molar-refractivity contribution in [1.29, 1.82) is 0 Å². The molecule has 2 N–H and O–H groups in total. The lowest BCUT2D eigenvalue weighted by atomic mass is 9.49. The van der Waals surface area contributed by atoms with Gasteiger partial charge in [-0.15, -0.1) is 22.7 Å². The summed E-state index contributed by atoms with van der Waals surface area (Å²) in [5, 5.41) is 28.8. The summed E-state index contributed by atoms with van der Waals surface area (Å²) in [6.07, 6.45) is 13.2. The Bertz CT molecular complexity index is 3310. The zero-order chi connectivity index (χ0) is 57.1. The highest BCUT2D eigenvalue weighted by molar-refractivity contribution is 9.10. The third-order valence-electron chi connectivity index (χ3n) is 15.2. The van der Waals surface area contributed by atoms with Crippen molar-refractivity contribution >= 4 is 97.4 Å². The van der Waals surface area contributed by atoms with E-state index in [-0.39, 0.29) is 22.4 Å². The largest absolute Gasteiger partial charge is 0.488 e. The summed E-state index contributed by atoms with van der Waals surface area (Å²) in [6, 6.07) is 16.1. The van der Waals surface area contributed by atoms with Crippen molar-refractivity contribution in [1.82, 2.24) is 39.9 Å². The Morgan fingerprint density at radius 3 is 1.46 bits per heavy atom. The van der Waals surface area contributed by atoms with Gasteiger partial charge in [-0.3, -0.25) is 9.97 Å². The van der Waals surface area contributed by atoms with Crippen LogP contribution in [0.1, 0.15) is 90.4 Å². The van der Waals surface area contributed by atoms with E-state index in [0.717, 1.165) is 107 Å². The van der Waals surface area contributed by atoms with Gasteiger partial charge in [-0.05, 0) is 134 Å². The Kier molecular flexibility index (Phi) is 18.1. The van der Waals surface area contributed by atoms with Crippen LogP contribution in [0.15, 0.2) is 114 Å². The van der Waals surface area contributed by atoms with E-state index in [0.29, 0.717) is 20.7 Å². The molecule has 18 nitrogen and oxygen atoms in total. The first-order chi connectivity index (χ1) is 38.0. The molecule has 2 atom stereocenters. The molecular formula is C56H66B2BrClN10O8S2. The Balaban J connectivity index is 0.000000135. The fourth-order valence-electron chi connectivity index (χ4n) is 9.01. The number of hydrogen-bond acceptors (Lipinski definition) is 20. The average molecular weight is 1210 g/mol. The number of aromatic nitrogens is 8. The first-order valence-corrected chi connectivity index (χ1v) is 29.2. The van der Waals surface area contributed by atoms with E-state index >= 15 is 0 Å². The standard InChI is InChI=1S/C22H21N5O2S.C12H24B2O4.C12H12ClN3O.C10H9BrN2OS/c1-22(28,21-24-4-9-30-21)16-10-15(12-23-13-16)20-18-3-2-17(11-19(18)25-14-26-20)27-5-7-29-8-6-27;1-9(2)10(3,4)16-13(15-9)14-17-11(5,6)12(7,8)18-14;13-12-10-2-1-9(7-11(10)14-8-15-12)16-3-5-17-6-4-16;1-10(14,9-13-2-3-15-9)7-4-8(11)6-12-5-7/h2-4,9-14,28H,5-8H2,1H3;1-8H3;1-2,7-8H,3-6H2;2-6,14H,1H3. The molecule has 12 rings (SSSR count). The minimum Gasteiger partial charge on any atom is -0.405 e. The fourth-order valence-corrected chi connectivity index (χ4v) is 11.0. The van der Waals surface area contributed by atoms with Crippen LogP contribution < -0.4 is 9.80 Å². The number of hydrogen-bond donors (Lipinski definition) is 2. The van der Waals surface area contributed by atoms with Crippen molar-refractivity contribution in [3.63, 3.8) is 0 Å². The topological polar surface area (TPSA) is 205 Å². The molecule has 4 saturated heterocycles. The molecule has 24 heteroatoms. The Morgan fingerprint density at radius 1 is 0.562 bits per heavy atom. The molecule has 0 aliphatic carbocycles. The Labute approximate surface area is 489 Å². The third kappa shape index (κ3) is 13.2. The van der Waals surface area contributed by atoms with E-state index in [1.54, 1.807) is 57.4 Å². The summed E-state index contributed by atoms with van der Waals surface area (Å²) >= 11 is 12.2. The van der Waals surface area contributed by atoms with E-state index in [1.807, 2.05) is 90.4 Å². The lowest BCUT2D eigenvalue weighted by molar-refractivity contribution is 0.00578. The van der Waals surface area contributed by atoms with Gasteiger partial charge >= 0.3 is 14.0 Å². The number of nitrogens with zero attached hydrogens (tertiary/aromatic N) is 10. The molecule has 0 radical (unpaired) electrons. The normalized spacial score (nSPS) is 19.7. The fraction of sp³-hybridized carbons (Fsp3) is 0.429. The molecule has 4 fully saturated rings. The number of thiazole rings is 2. The van der Waals surface area contributed by atoms with Crippen LogP contribution in [0.25, 0.3) is 33.1 Å². The molecule has 0 saturated carbocycles. The van der Waals surface area contributed by atoms with Crippen molar-refractivity contribution in [3.8, 4) is 11.3 Å². The first kappa shape index (κ1) is 59.5. The van der Waals surface area contributed by atoms with Gasteiger partial charge in [0.05, 0.1) is 65.6 Å². The highest BCUT2D eigenvalue weighted by Gasteiger charge is 2.63. The number of ether oxygens (including phenoxy) is 2. The SMILES string of the molecule is CC(O)(c1cncc(-c2ncnc3cc(N4CCOCC4)ccc23)c1)c1nccs1.CC(O)(c1cncc(Br)c1)c1nccs1.CC1(C)OB(B2OC(C)(C)C(C)(C)O2)OC1(C)C.Clc1ncnc2cc(N3CCOCC3)ccc12. The summed E-state index contributed by atoms with van der Waals surface area (Å²) in [5.41, 5.74) is 3.34. The van der Waals surface area contributed by atoms with E-state index in [2.05, 4.69) is 89.9 Å². The van der Waals surface area contributed by atoms with Crippen LogP contribution in [-0.2, 0) is 39.3 Å². The van der Waals surface area contributed by atoms with E-state index in [1.165, 1.54) is 29.0 Å². The second-order valence-corrected chi connectivity index (χ2v) is 25.0. The number of pyridine rings is 2. The second kappa shape index (κ2) is 24.4. The maximum atomic E-state index is 11.1. The Morgan fingerprint density at radius 2 is 1.00 bits per heavy atom. The number of benzene rings is 2. The van der Waals surface area contributed by atoms with Gasteiger partial charge in [0.15, 0.2) is 0 Å². The van der Waals surface area contributed by atoms with Crippen LogP contribution in [0, 0.1) is 0 Å². The number of anilines is 2. The van der Waals surface area contributed by atoms with Crippen molar-refractivity contribution in [2.45, 2.75) is 103 Å². The molecule has 10 heterocycles. The second-order valence-electron chi connectivity index (χ2n) is 21.9. The summed E-state index contributed by atoms with van der Waals surface area (Å²) in [7, 11) is -0.952. The summed E-state index contributed by atoms with van der Waals surface area (Å²) in [4.78, 5) is 38.6. The molecule has 2 unspecified atom stereocenters. The van der Waals surface area contributed by atoms with Crippen molar-refractivity contribution in [2.24, 2.45) is 0 Å². The molecule has 420 valence electrons. The van der Waals surface area contributed by atoms with Gasteiger partial charge in [0.2, 0.25) is 0 Å². The molecule has 6 aromatic heterocycles. The van der Waals surface area contributed by atoms with E-state index < -0.39 is 25.2 Å². The van der Waals surface area contributed by atoms with Crippen LogP contribution in [0.2, 0.25) is 5.15 Å². The van der Waals surface area contributed by atoms with Crippen LogP contribution in [0.5, 0.6) is 0 Å². The van der Waals surface area contributed by atoms with Gasteiger partial charge in [0.25, 0.3) is 0 Å². The number of halogens is 2. The van der Waals surface area contributed by atoms with E-state index in [4.69, 9.17) is 39.7 Å². The smallest absolute Gasteiger partial charge is 0.405 e. The van der Waals surface area contributed by atoms with Gasteiger partial charge in [-0.2, -0.15) is 0 Å². The van der Waals surface area contributed by atoms with Crippen LogP contribution in [0.4, 0.5) is 11.4 Å².